The molecule has 1 saturated heterocycles. The predicted molar refractivity (Wildman–Crippen MR) is 114 cm³/mol. The van der Waals surface area contributed by atoms with Crippen LogP contribution in [0, 0.1) is 0 Å². The Bertz CT molecular complexity index is 1280. The fraction of sp³-hybridized carbons (Fsp3) is 0.368. The molecule has 0 saturated carbocycles. The number of likely N-dealkylation sites (tertiary alicyclic amines) is 1. The van der Waals surface area contributed by atoms with Crippen molar-refractivity contribution in [2.24, 2.45) is 0 Å². The topological polar surface area (TPSA) is 133 Å². The summed E-state index contributed by atoms with van der Waals surface area (Å²) in [6.07, 6.45) is 5.13. The molecule has 0 aliphatic carbocycles. The Balaban J connectivity index is 1.73. The number of rotatable bonds is 4. The van der Waals surface area contributed by atoms with E-state index in [1.807, 2.05) is 0 Å². The van der Waals surface area contributed by atoms with Gasteiger partial charge in [0.2, 0.25) is 0 Å². The van der Waals surface area contributed by atoms with Crippen LogP contribution >= 0.6 is 11.6 Å². The van der Waals surface area contributed by atoms with E-state index >= 15 is 0 Å². The lowest BCUT2D eigenvalue weighted by Gasteiger charge is -2.33. The van der Waals surface area contributed by atoms with Crippen molar-refractivity contribution in [1.82, 2.24) is 24.5 Å². The van der Waals surface area contributed by atoms with Crippen LogP contribution in [-0.4, -0.2) is 65.3 Å². The van der Waals surface area contributed by atoms with E-state index < -0.39 is 9.84 Å². The highest BCUT2D eigenvalue weighted by Crippen LogP contribution is 2.34. The van der Waals surface area contributed by atoms with Gasteiger partial charge in [-0.05, 0) is 18.9 Å². The van der Waals surface area contributed by atoms with E-state index in [0.29, 0.717) is 54.4 Å². The Labute approximate surface area is 183 Å². The summed E-state index contributed by atoms with van der Waals surface area (Å²) in [5, 5.41) is 4.43. The summed E-state index contributed by atoms with van der Waals surface area (Å²) in [5.41, 5.74) is 6.92. The van der Waals surface area contributed by atoms with Crippen LogP contribution < -0.4 is 10.5 Å². The van der Waals surface area contributed by atoms with Gasteiger partial charge in [0, 0.05) is 31.3 Å². The van der Waals surface area contributed by atoms with E-state index in [1.165, 1.54) is 36.3 Å². The smallest absolute Gasteiger partial charge is 0.257 e. The van der Waals surface area contributed by atoms with Gasteiger partial charge in [-0.2, -0.15) is 14.6 Å². The van der Waals surface area contributed by atoms with Gasteiger partial charge < -0.3 is 15.4 Å². The van der Waals surface area contributed by atoms with Gasteiger partial charge in [0.15, 0.2) is 9.84 Å². The molecule has 31 heavy (non-hydrogen) atoms. The fourth-order valence-electron chi connectivity index (χ4n) is 3.90. The van der Waals surface area contributed by atoms with Crippen molar-refractivity contribution in [2.45, 2.75) is 23.7 Å². The van der Waals surface area contributed by atoms with Crippen LogP contribution in [0.25, 0.3) is 5.78 Å². The highest BCUT2D eigenvalue weighted by Gasteiger charge is 2.32. The molecule has 12 heteroatoms. The second-order valence-corrected chi connectivity index (χ2v) is 9.81. The van der Waals surface area contributed by atoms with E-state index in [4.69, 9.17) is 22.1 Å². The minimum absolute atomic E-state index is 0.0814. The number of hydrogen-bond donors (Lipinski definition) is 1. The SMILES string of the molecule is COc1cc(N)c(Cl)cc1C(=O)N1CCC[C@@H](c2c(S(C)(=O)=O)cnc3ncnn23)C1. The van der Waals surface area contributed by atoms with Gasteiger partial charge >= 0.3 is 0 Å². The number of nitrogen functional groups attached to an aromatic ring is 1. The highest BCUT2D eigenvalue weighted by molar-refractivity contribution is 7.90. The Hall–Kier alpha value is -2.92. The molecule has 164 valence electrons. The van der Waals surface area contributed by atoms with Crippen molar-refractivity contribution in [3.8, 4) is 5.75 Å². The van der Waals surface area contributed by atoms with Crippen molar-refractivity contribution >= 4 is 38.8 Å². The second kappa shape index (κ2) is 7.97. The molecular formula is C19H21ClN6O4S. The third-order valence-corrected chi connectivity index (χ3v) is 6.79. The third-order valence-electron chi connectivity index (χ3n) is 5.35. The molecule has 3 aromatic rings. The zero-order valence-corrected chi connectivity index (χ0v) is 18.5. The molecule has 1 amide bonds. The van der Waals surface area contributed by atoms with Gasteiger partial charge in [0.1, 0.15) is 17.0 Å². The average Bonchev–Trinajstić information content (AvgIpc) is 3.22. The van der Waals surface area contributed by atoms with Crippen LogP contribution in [0.5, 0.6) is 5.75 Å². The van der Waals surface area contributed by atoms with E-state index in [9.17, 15) is 13.2 Å². The number of ether oxygens (including phenoxy) is 1. The number of nitrogens with zero attached hydrogens (tertiary/aromatic N) is 5. The van der Waals surface area contributed by atoms with Crippen molar-refractivity contribution in [2.75, 3.05) is 32.2 Å². The van der Waals surface area contributed by atoms with E-state index in [-0.39, 0.29) is 21.7 Å². The normalized spacial score (nSPS) is 17.1. The molecule has 1 fully saturated rings. The number of carbonyl (C=O) groups excluding carboxylic acids is 1. The lowest BCUT2D eigenvalue weighted by atomic mass is 9.93. The summed E-state index contributed by atoms with van der Waals surface area (Å²) < 4.78 is 31.6. The molecule has 2 N–H and O–H groups in total. The predicted octanol–water partition coefficient (Wildman–Crippen LogP) is 1.79. The first-order valence-corrected chi connectivity index (χ1v) is 11.8. The molecule has 1 aromatic carbocycles. The van der Waals surface area contributed by atoms with Crippen LogP contribution in [0.4, 0.5) is 5.69 Å². The lowest BCUT2D eigenvalue weighted by Crippen LogP contribution is -2.40. The molecule has 1 aliphatic heterocycles. The first-order chi connectivity index (χ1) is 14.7. The maximum atomic E-state index is 13.3. The lowest BCUT2D eigenvalue weighted by molar-refractivity contribution is 0.0701. The van der Waals surface area contributed by atoms with E-state index in [2.05, 4.69) is 15.1 Å². The summed E-state index contributed by atoms with van der Waals surface area (Å²) in [5.74, 6) is 0.0874. The zero-order chi connectivity index (χ0) is 22.3. The standard InChI is InChI=1S/C19H21ClN6O4S/c1-30-15-7-14(21)13(20)6-12(15)18(27)25-5-3-4-11(9-25)17-16(31(2,28)29)8-22-19-23-10-24-26(17)19/h6-8,10-11H,3-5,9,21H2,1-2H3/t11-/m1/s1. The van der Waals surface area contributed by atoms with E-state index in [0.717, 1.165) is 6.26 Å². The van der Waals surface area contributed by atoms with Crippen molar-refractivity contribution < 1.29 is 17.9 Å². The number of carbonyl (C=O) groups is 1. The van der Waals surface area contributed by atoms with Gasteiger partial charge in [-0.15, -0.1) is 0 Å². The molecule has 0 unspecified atom stereocenters. The average molecular weight is 465 g/mol. The van der Waals surface area contributed by atoms with Crippen LogP contribution in [-0.2, 0) is 9.84 Å². The molecule has 3 heterocycles. The molecule has 1 aliphatic rings. The number of fused-ring (bicyclic) bond motifs is 1. The number of anilines is 1. The summed E-state index contributed by atoms with van der Waals surface area (Å²) >= 11 is 6.13. The van der Waals surface area contributed by atoms with Crippen molar-refractivity contribution in [3.05, 3.63) is 40.9 Å². The summed E-state index contributed by atoms with van der Waals surface area (Å²) in [4.78, 5) is 23.2. The molecule has 0 radical (unpaired) electrons. The fourth-order valence-corrected chi connectivity index (χ4v) is 4.94. The Morgan fingerprint density at radius 3 is 2.81 bits per heavy atom. The van der Waals surface area contributed by atoms with Crippen molar-refractivity contribution in [1.29, 1.82) is 0 Å². The largest absolute Gasteiger partial charge is 0.496 e. The van der Waals surface area contributed by atoms with Crippen LogP contribution in [0.15, 0.2) is 29.6 Å². The maximum absolute atomic E-state index is 13.3. The summed E-state index contributed by atoms with van der Waals surface area (Å²) in [7, 11) is -2.12. The number of methoxy groups -OCH3 is 1. The second-order valence-electron chi connectivity index (χ2n) is 7.42. The molecule has 1 atom stereocenters. The molecule has 0 spiro atoms. The van der Waals surface area contributed by atoms with Gasteiger partial charge in [-0.3, -0.25) is 4.79 Å². The van der Waals surface area contributed by atoms with Crippen LogP contribution in [0.3, 0.4) is 0 Å². The number of sulfone groups is 1. The molecule has 2 aromatic heterocycles. The zero-order valence-electron chi connectivity index (χ0n) is 16.9. The Kier molecular flexibility index (Phi) is 5.48. The minimum Gasteiger partial charge on any atom is -0.496 e. The van der Waals surface area contributed by atoms with Crippen molar-refractivity contribution in [3.63, 3.8) is 0 Å². The number of nitrogens with two attached hydrogens (primary N) is 1. The Morgan fingerprint density at radius 2 is 2.10 bits per heavy atom. The van der Waals surface area contributed by atoms with Gasteiger partial charge in [0.25, 0.3) is 11.7 Å². The molecular weight excluding hydrogens is 444 g/mol. The number of benzene rings is 1. The number of hydrogen-bond acceptors (Lipinski definition) is 8. The minimum atomic E-state index is -3.57. The number of aromatic nitrogens is 4. The van der Waals surface area contributed by atoms with E-state index in [1.54, 1.807) is 4.90 Å². The molecule has 10 nitrogen and oxygen atoms in total. The number of halogens is 1. The van der Waals surface area contributed by atoms with Gasteiger partial charge in [-0.25, -0.2) is 13.4 Å². The monoisotopic (exact) mass is 464 g/mol. The van der Waals surface area contributed by atoms with Crippen LogP contribution in [0.1, 0.15) is 34.8 Å². The Morgan fingerprint density at radius 1 is 1.32 bits per heavy atom. The summed E-state index contributed by atoms with van der Waals surface area (Å²) in [6, 6.07) is 3.01. The molecule has 0 bridgehead atoms. The molecule has 4 rings (SSSR count). The van der Waals surface area contributed by atoms with Gasteiger partial charge in [0.05, 0.1) is 35.3 Å². The highest BCUT2D eigenvalue weighted by atomic mass is 35.5. The number of piperidine rings is 1. The first kappa shape index (κ1) is 21.3. The van der Waals surface area contributed by atoms with Gasteiger partial charge in [-0.1, -0.05) is 11.6 Å². The number of amides is 1. The maximum Gasteiger partial charge on any atom is 0.257 e. The first-order valence-electron chi connectivity index (χ1n) is 9.51. The quantitative estimate of drug-likeness (QED) is 0.578. The third kappa shape index (κ3) is 3.90. The summed E-state index contributed by atoms with van der Waals surface area (Å²) in [6.45, 7) is 0.811. The van der Waals surface area contributed by atoms with Crippen LogP contribution in [0.2, 0.25) is 5.02 Å².